The molecule has 0 unspecified atom stereocenters. The Bertz CT molecular complexity index is 2380. The SMILES string of the molecule is COc1cc2nn(C3CCC(/C=C/N(C)C4CCC5(CC4)CCN(C(=O)c4ccc(Cl)c(N6CCC(=O)NC6=O)c4)CC5)CC3)cc2cc1NC(=O)c1cccc(C(F)(F)F)n1. The summed E-state index contributed by atoms with van der Waals surface area (Å²) in [7, 11) is 3.63. The van der Waals surface area contributed by atoms with Gasteiger partial charge in [-0.15, -0.1) is 0 Å². The minimum Gasteiger partial charge on any atom is -0.494 e. The van der Waals surface area contributed by atoms with E-state index in [4.69, 9.17) is 21.4 Å². The third-order valence-electron chi connectivity index (χ3n) is 13.3. The lowest BCUT2D eigenvalue weighted by molar-refractivity contribution is -0.141. The number of nitrogens with one attached hydrogen (secondary N) is 2. The zero-order valence-electron chi connectivity index (χ0n) is 34.7. The minimum absolute atomic E-state index is 0.0752. The molecular formula is C45H50ClF3N8O5. The summed E-state index contributed by atoms with van der Waals surface area (Å²) >= 11 is 6.42. The number of benzene rings is 2. The number of alkyl halides is 3. The van der Waals surface area contributed by atoms with Gasteiger partial charge >= 0.3 is 12.2 Å². The number of anilines is 2. The van der Waals surface area contributed by atoms with Crippen LogP contribution in [-0.2, 0) is 11.0 Å². The van der Waals surface area contributed by atoms with Gasteiger partial charge in [-0.05, 0) is 118 Å². The first-order valence-corrected chi connectivity index (χ1v) is 21.6. The fraction of sp³-hybridized carbons (Fsp3) is 0.467. The summed E-state index contributed by atoms with van der Waals surface area (Å²) in [6.07, 6.45) is 12.4. The number of hydrogen-bond acceptors (Lipinski definition) is 8. The number of imide groups is 1. The van der Waals surface area contributed by atoms with Crippen molar-refractivity contribution in [2.75, 3.05) is 44.0 Å². The number of ether oxygens (including phenoxy) is 1. The number of methoxy groups -OCH3 is 1. The lowest BCUT2D eigenvalue weighted by Crippen LogP contribution is -2.49. The summed E-state index contributed by atoms with van der Waals surface area (Å²) < 4.78 is 47.0. The largest absolute Gasteiger partial charge is 0.494 e. The molecule has 0 radical (unpaired) electrons. The van der Waals surface area contributed by atoms with Crippen LogP contribution >= 0.6 is 11.6 Å². The highest BCUT2D eigenvalue weighted by atomic mass is 35.5. The van der Waals surface area contributed by atoms with Crippen molar-refractivity contribution in [2.24, 2.45) is 11.3 Å². The van der Waals surface area contributed by atoms with E-state index in [2.05, 4.69) is 39.8 Å². The Morgan fingerprint density at radius 2 is 1.73 bits per heavy atom. The van der Waals surface area contributed by atoms with Crippen molar-refractivity contribution in [1.82, 2.24) is 29.9 Å². The number of pyridine rings is 1. The first-order chi connectivity index (χ1) is 29.7. The number of nitrogens with zero attached hydrogens (tertiary/aromatic N) is 6. The predicted octanol–water partition coefficient (Wildman–Crippen LogP) is 8.85. The van der Waals surface area contributed by atoms with Gasteiger partial charge < -0.3 is 19.9 Å². The molecule has 17 heteroatoms. The fourth-order valence-corrected chi connectivity index (χ4v) is 9.72. The maximum atomic E-state index is 13.6. The monoisotopic (exact) mass is 874 g/mol. The molecule has 0 bridgehead atoms. The number of carbonyl (C=O) groups excluding carboxylic acids is 4. The van der Waals surface area contributed by atoms with Gasteiger partial charge in [0, 0.05) is 62.4 Å². The maximum absolute atomic E-state index is 13.6. The molecule has 2 aromatic carbocycles. The highest BCUT2D eigenvalue weighted by Gasteiger charge is 2.40. The van der Waals surface area contributed by atoms with Crippen molar-refractivity contribution in [3.63, 3.8) is 0 Å². The minimum atomic E-state index is -4.67. The summed E-state index contributed by atoms with van der Waals surface area (Å²) in [5.74, 6) is -0.390. The molecule has 62 heavy (non-hydrogen) atoms. The topological polar surface area (TPSA) is 142 Å². The van der Waals surface area contributed by atoms with Crippen LogP contribution < -0.4 is 20.3 Å². The van der Waals surface area contributed by atoms with Crippen molar-refractivity contribution in [3.8, 4) is 5.75 Å². The van der Waals surface area contributed by atoms with Crippen molar-refractivity contribution < 1.29 is 37.1 Å². The molecule has 2 aliphatic heterocycles. The van der Waals surface area contributed by atoms with Gasteiger partial charge in [0.05, 0.1) is 35.1 Å². The molecule has 2 aliphatic carbocycles. The Morgan fingerprint density at radius 3 is 2.42 bits per heavy atom. The van der Waals surface area contributed by atoms with E-state index in [9.17, 15) is 32.3 Å². The van der Waals surface area contributed by atoms with Gasteiger partial charge in [-0.1, -0.05) is 23.7 Å². The average molecular weight is 875 g/mol. The second-order valence-electron chi connectivity index (χ2n) is 17.1. The number of allylic oxidation sites excluding steroid dienone is 1. The number of amides is 5. The fourth-order valence-electron chi connectivity index (χ4n) is 9.50. The van der Waals surface area contributed by atoms with Crippen LogP contribution in [0, 0.1) is 11.3 Å². The second-order valence-corrected chi connectivity index (χ2v) is 17.5. The van der Waals surface area contributed by atoms with Gasteiger partial charge in [0.2, 0.25) is 5.91 Å². The quantitative estimate of drug-likeness (QED) is 0.170. The number of urea groups is 1. The smallest absolute Gasteiger partial charge is 0.433 e. The van der Waals surface area contributed by atoms with Crippen LogP contribution in [0.5, 0.6) is 5.75 Å². The Labute approximate surface area is 362 Å². The molecule has 4 aromatic rings. The molecule has 2 saturated heterocycles. The molecule has 13 nitrogen and oxygen atoms in total. The van der Waals surface area contributed by atoms with E-state index in [0.29, 0.717) is 58.3 Å². The third kappa shape index (κ3) is 9.25. The zero-order valence-corrected chi connectivity index (χ0v) is 35.5. The Hall–Kier alpha value is -5.64. The van der Waals surface area contributed by atoms with E-state index in [-0.39, 0.29) is 41.9 Å². The standard InChI is InChI=1S/C45H50ClF3N8O5/c1-54(31-12-16-44(17-13-31)18-22-55(23-19-44)42(60)29-8-11-33(46)37(25-29)56-21-15-40(58)52-43(56)61)20-14-28-6-9-32(10-7-28)57-27-30-24-36(38(62-2)26-35(30)53-57)51-41(59)34-4-3-5-39(50-34)45(47,48)49/h3-5,8,11,14,20,24-28,31-32H,6-7,9-10,12-13,15-19,21-23H2,1-2H3,(H,51,59)(H,52,58,61)/b20-14+. The van der Waals surface area contributed by atoms with E-state index in [1.807, 2.05) is 15.8 Å². The molecule has 5 amide bonds. The Balaban J connectivity index is 0.800. The van der Waals surface area contributed by atoms with Gasteiger partial charge in [-0.25, -0.2) is 9.78 Å². The normalized spacial score (nSPS) is 21.1. The lowest BCUT2D eigenvalue weighted by Gasteiger charge is -2.47. The lowest BCUT2D eigenvalue weighted by atomic mass is 9.66. The van der Waals surface area contributed by atoms with E-state index in [1.54, 1.807) is 30.3 Å². The second kappa shape index (κ2) is 17.6. The number of hydrogen-bond donors (Lipinski definition) is 2. The molecule has 4 aliphatic rings. The molecule has 1 spiro atoms. The molecular weight excluding hydrogens is 825 g/mol. The number of fused-ring (bicyclic) bond motifs is 1. The number of halogens is 4. The first-order valence-electron chi connectivity index (χ1n) is 21.2. The first kappa shape index (κ1) is 43.0. The number of carbonyl (C=O) groups is 4. The number of piperidine rings is 1. The van der Waals surface area contributed by atoms with Crippen LogP contribution in [-0.4, -0.2) is 88.2 Å². The molecule has 4 fully saturated rings. The maximum Gasteiger partial charge on any atom is 0.433 e. The number of likely N-dealkylation sites (tertiary alicyclic amines) is 1. The van der Waals surface area contributed by atoms with Crippen LogP contribution in [0.25, 0.3) is 10.9 Å². The molecule has 2 N–H and O–H groups in total. The molecule has 328 valence electrons. The predicted molar refractivity (Wildman–Crippen MR) is 228 cm³/mol. The van der Waals surface area contributed by atoms with Crippen molar-refractivity contribution in [2.45, 2.75) is 88.9 Å². The third-order valence-corrected chi connectivity index (χ3v) is 13.6. The highest BCUT2D eigenvalue weighted by molar-refractivity contribution is 6.34. The van der Waals surface area contributed by atoms with Gasteiger partial charge in [-0.3, -0.25) is 29.3 Å². The molecule has 8 rings (SSSR count). The van der Waals surface area contributed by atoms with Crippen LogP contribution in [0.4, 0.5) is 29.3 Å². The summed E-state index contributed by atoms with van der Waals surface area (Å²) in [6, 6.07) is 11.8. The van der Waals surface area contributed by atoms with E-state index < -0.39 is 23.8 Å². The average Bonchev–Trinajstić information content (AvgIpc) is 3.69. The molecule has 2 aromatic heterocycles. The van der Waals surface area contributed by atoms with Crippen LogP contribution in [0.3, 0.4) is 0 Å². The van der Waals surface area contributed by atoms with E-state index in [1.165, 1.54) is 18.1 Å². The summed E-state index contributed by atoms with van der Waals surface area (Å²) in [4.78, 5) is 59.8. The van der Waals surface area contributed by atoms with Crippen LogP contribution in [0.2, 0.25) is 5.02 Å². The van der Waals surface area contributed by atoms with Crippen molar-refractivity contribution >= 4 is 57.6 Å². The van der Waals surface area contributed by atoms with Gasteiger partial charge in [0.1, 0.15) is 17.1 Å². The van der Waals surface area contributed by atoms with Gasteiger partial charge in [-0.2, -0.15) is 18.3 Å². The van der Waals surface area contributed by atoms with E-state index >= 15 is 0 Å². The summed E-state index contributed by atoms with van der Waals surface area (Å²) in [6.45, 7) is 1.58. The van der Waals surface area contributed by atoms with E-state index in [0.717, 1.165) is 81.7 Å². The zero-order chi connectivity index (χ0) is 43.8. The number of aromatic nitrogens is 3. The summed E-state index contributed by atoms with van der Waals surface area (Å²) in [5.41, 5.74) is 0.642. The number of rotatable bonds is 9. The molecule has 2 saturated carbocycles. The highest BCUT2D eigenvalue weighted by Crippen LogP contribution is 2.46. The van der Waals surface area contributed by atoms with Crippen molar-refractivity contribution in [3.05, 3.63) is 89.0 Å². The Morgan fingerprint density at radius 1 is 0.984 bits per heavy atom. The van der Waals surface area contributed by atoms with Gasteiger partial charge in [0.25, 0.3) is 11.8 Å². The van der Waals surface area contributed by atoms with Crippen LogP contribution in [0.15, 0.2) is 67.0 Å². The molecule has 0 atom stereocenters. The van der Waals surface area contributed by atoms with Gasteiger partial charge in [0.15, 0.2) is 0 Å². The Kier molecular flexibility index (Phi) is 12.2. The van der Waals surface area contributed by atoms with Crippen LogP contribution in [0.1, 0.15) is 103 Å². The summed E-state index contributed by atoms with van der Waals surface area (Å²) in [5, 5.41) is 10.9. The molecule has 4 heterocycles. The van der Waals surface area contributed by atoms with Crippen molar-refractivity contribution in [1.29, 1.82) is 0 Å².